The third-order valence-electron chi connectivity index (χ3n) is 5.67. The maximum absolute atomic E-state index is 12.9. The number of piperidine rings is 1. The van der Waals surface area contributed by atoms with Crippen LogP contribution in [0.3, 0.4) is 0 Å². The first-order valence-corrected chi connectivity index (χ1v) is 11.6. The first kappa shape index (κ1) is 22.5. The molecule has 1 N–H and O–H groups in total. The summed E-state index contributed by atoms with van der Waals surface area (Å²) in [5.74, 6) is 0.0786. The third kappa shape index (κ3) is 4.74. The fourth-order valence-corrected chi connectivity index (χ4v) is 5.71. The van der Waals surface area contributed by atoms with Crippen LogP contribution in [0, 0.1) is 19.8 Å². The maximum Gasteiger partial charge on any atom is 0.248 e. The molecule has 1 aliphatic heterocycles. The minimum Gasteiger partial charge on any atom is -0.360 e. The fourth-order valence-electron chi connectivity index (χ4n) is 3.95. The number of nitrogens with one attached hydrogen (secondary N) is 1. The molecule has 1 unspecified atom stereocenters. The van der Waals surface area contributed by atoms with Gasteiger partial charge in [0, 0.05) is 25.6 Å². The number of aryl methyl sites for hydroxylation is 2. The molecule has 1 saturated heterocycles. The first-order chi connectivity index (χ1) is 14.2. The van der Waals surface area contributed by atoms with Gasteiger partial charge in [0.2, 0.25) is 15.9 Å². The van der Waals surface area contributed by atoms with E-state index in [4.69, 9.17) is 4.52 Å². The van der Waals surface area contributed by atoms with E-state index < -0.39 is 10.0 Å². The Labute approximate surface area is 178 Å². The molecule has 2 aromatic rings. The largest absolute Gasteiger partial charge is 0.360 e. The fraction of sp³-hybridized carbons (Fsp3) is 0.524. The summed E-state index contributed by atoms with van der Waals surface area (Å²) in [5.41, 5.74) is 1.51. The zero-order valence-corrected chi connectivity index (χ0v) is 18.8. The molecule has 9 heteroatoms. The second kappa shape index (κ2) is 9.28. The number of rotatable bonds is 7. The molecule has 164 valence electrons. The standard InChI is InChI=1S/C21H30N4O4S/c1-15-20(16(2)29-23-15)30(27,28)25-12-10-18(11-13-25)21(26)22-14-19(24(3)4)17-8-6-5-7-9-17/h5-9,18-19H,10-14H2,1-4H3,(H,22,26). The highest BCUT2D eigenvalue weighted by molar-refractivity contribution is 7.89. The number of aromatic nitrogens is 1. The van der Waals surface area contributed by atoms with E-state index in [-0.39, 0.29) is 22.8 Å². The highest BCUT2D eigenvalue weighted by Gasteiger charge is 2.35. The minimum atomic E-state index is -3.66. The van der Waals surface area contributed by atoms with Crippen LogP contribution in [-0.4, -0.2) is 62.4 Å². The molecule has 1 aromatic carbocycles. The highest BCUT2D eigenvalue weighted by atomic mass is 32.2. The van der Waals surface area contributed by atoms with Gasteiger partial charge in [-0.3, -0.25) is 4.79 Å². The predicted octanol–water partition coefficient (Wildman–Crippen LogP) is 2.11. The van der Waals surface area contributed by atoms with Crippen molar-refractivity contribution in [2.45, 2.75) is 37.6 Å². The number of nitrogens with zero attached hydrogens (tertiary/aromatic N) is 3. The molecule has 3 rings (SSSR count). The lowest BCUT2D eigenvalue weighted by molar-refractivity contribution is -0.126. The number of sulfonamides is 1. The second-order valence-electron chi connectivity index (χ2n) is 7.97. The summed E-state index contributed by atoms with van der Waals surface area (Å²) in [7, 11) is 0.312. The van der Waals surface area contributed by atoms with Crippen LogP contribution in [0.1, 0.15) is 35.9 Å². The van der Waals surface area contributed by atoms with Gasteiger partial charge in [-0.25, -0.2) is 8.42 Å². The van der Waals surface area contributed by atoms with Gasteiger partial charge in [-0.2, -0.15) is 4.31 Å². The summed E-state index contributed by atoms with van der Waals surface area (Å²) in [4.78, 5) is 14.9. The van der Waals surface area contributed by atoms with E-state index in [9.17, 15) is 13.2 Å². The topological polar surface area (TPSA) is 95.8 Å². The summed E-state index contributed by atoms with van der Waals surface area (Å²) in [5, 5.41) is 6.81. The Bertz CT molecular complexity index is 945. The molecule has 30 heavy (non-hydrogen) atoms. The smallest absolute Gasteiger partial charge is 0.248 e. The minimum absolute atomic E-state index is 0.0211. The average molecular weight is 435 g/mol. The van der Waals surface area contributed by atoms with Crippen LogP contribution in [-0.2, 0) is 14.8 Å². The van der Waals surface area contributed by atoms with E-state index in [0.29, 0.717) is 43.9 Å². The number of carbonyl (C=O) groups excluding carboxylic acids is 1. The monoisotopic (exact) mass is 434 g/mol. The molecule has 8 nitrogen and oxygen atoms in total. The number of hydrogen-bond acceptors (Lipinski definition) is 6. The van der Waals surface area contributed by atoms with Crippen molar-refractivity contribution in [1.82, 2.24) is 19.7 Å². The quantitative estimate of drug-likeness (QED) is 0.717. The van der Waals surface area contributed by atoms with E-state index in [1.165, 1.54) is 4.31 Å². The molecular weight excluding hydrogens is 404 g/mol. The Balaban J connectivity index is 1.58. The molecule has 0 spiro atoms. The number of likely N-dealkylation sites (N-methyl/N-ethyl adjacent to an activating group) is 1. The zero-order chi connectivity index (χ0) is 21.9. The molecule has 0 bridgehead atoms. The van der Waals surface area contributed by atoms with Crippen molar-refractivity contribution in [2.75, 3.05) is 33.7 Å². The van der Waals surface area contributed by atoms with Gasteiger partial charge in [-0.1, -0.05) is 35.5 Å². The van der Waals surface area contributed by atoms with Crippen molar-refractivity contribution >= 4 is 15.9 Å². The summed E-state index contributed by atoms with van der Waals surface area (Å²) >= 11 is 0. The Kier molecular flexibility index (Phi) is 6.95. The van der Waals surface area contributed by atoms with Gasteiger partial charge in [0.05, 0.1) is 6.04 Å². The number of hydrogen-bond donors (Lipinski definition) is 1. The lowest BCUT2D eigenvalue weighted by atomic mass is 9.97. The molecule has 2 heterocycles. The van der Waals surface area contributed by atoms with Gasteiger partial charge in [-0.15, -0.1) is 0 Å². The van der Waals surface area contributed by atoms with E-state index >= 15 is 0 Å². The Morgan fingerprint density at radius 2 is 1.87 bits per heavy atom. The molecular formula is C21H30N4O4S. The molecule has 1 amide bonds. The average Bonchev–Trinajstić information content (AvgIpc) is 3.07. The van der Waals surface area contributed by atoms with Crippen LogP contribution in [0.25, 0.3) is 0 Å². The van der Waals surface area contributed by atoms with Gasteiger partial charge in [-0.05, 0) is 46.3 Å². The summed E-state index contributed by atoms with van der Waals surface area (Å²) < 4.78 is 32.3. The second-order valence-corrected chi connectivity index (χ2v) is 9.84. The van der Waals surface area contributed by atoms with Crippen LogP contribution in [0.4, 0.5) is 0 Å². The van der Waals surface area contributed by atoms with Crippen LogP contribution in [0.5, 0.6) is 0 Å². The predicted molar refractivity (Wildman–Crippen MR) is 113 cm³/mol. The van der Waals surface area contributed by atoms with Crippen LogP contribution in [0.2, 0.25) is 0 Å². The van der Waals surface area contributed by atoms with Crippen molar-refractivity contribution in [1.29, 1.82) is 0 Å². The van der Waals surface area contributed by atoms with E-state index in [1.807, 2.05) is 32.3 Å². The van der Waals surface area contributed by atoms with Crippen molar-refractivity contribution in [3.8, 4) is 0 Å². The van der Waals surface area contributed by atoms with Crippen molar-refractivity contribution in [3.63, 3.8) is 0 Å². The summed E-state index contributed by atoms with van der Waals surface area (Å²) in [6.07, 6.45) is 0.985. The van der Waals surface area contributed by atoms with Gasteiger partial charge in [0.15, 0.2) is 5.76 Å². The lowest BCUT2D eigenvalue weighted by Crippen LogP contribution is -2.44. The van der Waals surface area contributed by atoms with Crippen molar-refractivity contribution in [3.05, 3.63) is 47.3 Å². The summed E-state index contributed by atoms with van der Waals surface area (Å²) in [6, 6.07) is 10.1. The number of amides is 1. The molecule has 1 fully saturated rings. The summed E-state index contributed by atoms with van der Waals surface area (Å²) in [6.45, 7) is 4.34. The zero-order valence-electron chi connectivity index (χ0n) is 18.0. The normalized spacial score (nSPS) is 17.2. The van der Waals surface area contributed by atoms with Gasteiger partial charge in [0.25, 0.3) is 0 Å². The maximum atomic E-state index is 12.9. The molecule has 1 aromatic heterocycles. The Morgan fingerprint density at radius 1 is 1.23 bits per heavy atom. The Hall–Kier alpha value is -2.23. The molecule has 0 saturated carbocycles. The molecule has 0 radical (unpaired) electrons. The third-order valence-corrected chi connectivity index (χ3v) is 7.81. The van der Waals surface area contributed by atoms with Crippen LogP contribution < -0.4 is 5.32 Å². The number of benzene rings is 1. The lowest BCUT2D eigenvalue weighted by Gasteiger charge is -2.31. The van der Waals surface area contributed by atoms with E-state index in [1.54, 1.807) is 13.8 Å². The van der Waals surface area contributed by atoms with Crippen molar-refractivity contribution < 1.29 is 17.7 Å². The van der Waals surface area contributed by atoms with Crippen LogP contribution >= 0.6 is 0 Å². The van der Waals surface area contributed by atoms with Gasteiger partial charge >= 0.3 is 0 Å². The van der Waals surface area contributed by atoms with E-state index in [0.717, 1.165) is 5.56 Å². The highest BCUT2D eigenvalue weighted by Crippen LogP contribution is 2.28. The first-order valence-electron chi connectivity index (χ1n) is 10.1. The number of carbonyl (C=O) groups is 1. The van der Waals surface area contributed by atoms with Gasteiger partial charge in [0.1, 0.15) is 10.6 Å². The Morgan fingerprint density at radius 3 is 2.40 bits per heavy atom. The van der Waals surface area contributed by atoms with Crippen LogP contribution in [0.15, 0.2) is 39.8 Å². The molecule has 1 aliphatic rings. The van der Waals surface area contributed by atoms with E-state index in [2.05, 4.69) is 27.5 Å². The molecule has 1 atom stereocenters. The SMILES string of the molecule is Cc1noc(C)c1S(=O)(=O)N1CCC(C(=O)NCC(c2ccccc2)N(C)C)CC1. The molecule has 0 aliphatic carbocycles. The van der Waals surface area contributed by atoms with Gasteiger partial charge < -0.3 is 14.7 Å². The van der Waals surface area contributed by atoms with Crippen molar-refractivity contribution in [2.24, 2.45) is 5.92 Å².